The Morgan fingerprint density at radius 2 is 1.78 bits per heavy atom. The van der Waals surface area contributed by atoms with Crippen LogP contribution in [-0.2, 0) is 6.18 Å². The van der Waals surface area contributed by atoms with Gasteiger partial charge in [-0.15, -0.1) is 0 Å². The van der Waals surface area contributed by atoms with E-state index < -0.39 is 22.8 Å². The van der Waals surface area contributed by atoms with Crippen molar-refractivity contribution in [3.8, 4) is 5.69 Å². The number of anilines is 3. The molecule has 3 aromatic carbocycles. The predicted octanol–water partition coefficient (Wildman–Crippen LogP) is 6.31. The highest BCUT2D eigenvalue weighted by Crippen LogP contribution is 2.36. The van der Waals surface area contributed by atoms with Crippen molar-refractivity contribution < 1.29 is 23.2 Å². The molecule has 0 bridgehead atoms. The molecule has 0 saturated carbocycles. The fourth-order valence-electron chi connectivity index (χ4n) is 3.28. The number of hydrogen-bond acceptors (Lipinski definition) is 3. The Morgan fingerprint density at radius 1 is 1.06 bits per heavy atom. The van der Waals surface area contributed by atoms with Crippen molar-refractivity contribution in [2.75, 3.05) is 16.1 Å². The van der Waals surface area contributed by atoms with Gasteiger partial charge in [0.1, 0.15) is 0 Å². The second-order valence-electron chi connectivity index (χ2n) is 6.92. The quantitative estimate of drug-likeness (QED) is 0.190. The van der Waals surface area contributed by atoms with Gasteiger partial charge in [-0.2, -0.15) is 18.2 Å². The molecule has 164 valence electrons. The van der Waals surface area contributed by atoms with Gasteiger partial charge < -0.3 is 15.6 Å². The number of benzene rings is 3. The van der Waals surface area contributed by atoms with Crippen LogP contribution >= 0.6 is 11.6 Å². The molecule has 4 N–H and O–H groups in total. The van der Waals surface area contributed by atoms with Gasteiger partial charge in [0.2, 0.25) is 0 Å². The molecule has 32 heavy (non-hydrogen) atoms. The molecule has 0 spiro atoms. The van der Waals surface area contributed by atoms with Gasteiger partial charge >= 0.3 is 12.2 Å². The number of amides is 2. The van der Waals surface area contributed by atoms with Crippen LogP contribution in [0, 0.1) is 0 Å². The van der Waals surface area contributed by atoms with Gasteiger partial charge in [-0.05, 0) is 60.7 Å². The van der Waals surface area contributed by atoms with Crippen molar-refractivity contribution >= 4 is 45.6 Å². The van der Waals surface area contributed by atoms with E-state index in [-0.39, 0.29) is 11.4 Å². The van der Waals surface area contributed by atoms with Crippen molar-refractivity contribution in [1.82, 2.24) is 4.57 Å². The number of carbonyl (C=O) groups is 1. The van der Waals surface area contributed by atoms with Gasteiger partial charge in [0.25, 0.3) is 0 Å². The Kier molecular flexibility index (Phi) is 5.45. The number of nitrogens with one attached hydrogen (secondary N) is 1. The molecule has 1 aromatic heterocycles. The van der Waals surface area contributed by atoms with Gasteiger partial charge in [-0.3, -0.25) is 5.21 Å². The van der Waals surface area contributed by atoms with E-state index >= 15 is 0 Å². The summed E-state index contributed by atoms with van der Waals surface area (Å²) in [7, 11) is 0. The molecule has 0 fully saturated rings. The second-order valence-corrected chi connectivity index (χ2v) is 7.32. The third-order valence-electron chi connectivity index (χ3n) is 4.85. The van der Waals surface area contributed by atoms with Gasteiger partial charge in [-0.1, -0.05) is 17.7 Å². The monoisotopic (exact) mass is 460 g/mol. The standard InChI is InChI=1S/C22H16ClF3N4O2/c23-18-9-4-13(12-17(18)22(24,25)26)28-21(31)30(32)15-7-5-14(6-8-15)29-11-10-16-19(27)2-1-3-20(16)29/h1-12,32H,27H2,(H,28,31). The first-order valence-electron chi connectivity index (χ1n) is 9.28. The fraction of sp³-hybridized carbons (Fsp3) is 0.0455. The van der Waals surface area contributed by atoms with E-state index in [9.17, 15) is 23.2 Å². The van der Waals surface area contributed by atoms with Crippen LogP contribution in [-0.4, -0.2) is 15.8 Å². The van der Waals surface area contributed by atoms with Gasteiger partial charge in [0.05, 0.1) is 21.8 Å². The molecule has 6 nitrogen and oxygen atoms in total. The summed E-state index contributed by atoms with van der Waals surface area (Å²) in [6, 6.07) is 15.7. The fourth-order valence-corrected chi connectivity index (χ4v) is 3.51. The maximum atomic E-state index is 13.0. The van der Waals surface area contributed by atoms with E-state index in [1.807, 2.05) is 29.0 Å². The van der Waals surface area contributed by atoms with Crippen LogP contribution in [0.25, 0.3) is 16.6 Å². The highest BCUT2D eigenvalue weighted by Gasteiger charge is 2.33. The summed E-state index contributed by atoms with van der Waals surface area (Å²) in [4.78, 5) is 12.3. The first kappa shape index (κ1) is 21.5. The lowest BCUT2D eigenvalue weighted by atomic mass is 10.2. The number of nitrogens with zero attached hydrogens (tertiary/aromatic N) is 2. The van der Waals surface area contributed by atoms with Crippen molar-refractivity contribution in [3.63, 3.8) is 0 Å². The molecule has 4 rings (SSSR count). The molecule has 0 saturated heterocycles. The predicted molar refractivity (Wildman–Crippen MR) is 117 cm³/mol. The Balaban J connectivity index is 1.53. The van der Waals surface area contributed by atoms with E-state index in [0.29, 0.717) is 16.8 Å². The van der Waals surface area contributed by atoms with Crippen LogP contribution in [0.3, 0.4) is 0 Å². The zero-order valence-corrected chi connectivity index (χ0v) is 17.0. The Hall–Kier alpha value is -3.69. The normalized spacial score (nSPS) is 11.5. The Bertz CT molecular complexity index is 1300. The molecule has 0 aliphatic heterocycles. The molecule has 10 heteroatoms. The van der Waals surface area contributed by atoms with Gasteiger partial charge in [-0.25, -0.2) is 4.79 Å². The average Bonchev–Trinajstić information content (AvgIpc) is 3.19. The van der Waals surface area contributed by atoms with Crippen LogP contribution in [0.5, 0.6) is 0 Å². The van der Waals surface area contributed by atoms with Crippen molar-refractivity contribution in [2.24, 2.45) is 0 Å². The van der Waals surface area contributed by atoms with E-state index in [4.69, 9.17) is 17.3 Å². The number of alkyl halides is 3. The zero-order chi connectivity index (χ0) is 23.0. The number of carbonyl (C=O) groups excluding carboxylic acids is 1. The molecule has 4 aromatic rings. The van der Waals surface area contributed by atoms with Crippen molar-refractivity contribution in [1.29, 1.82) is 0 Å². The minimum absolute atomic E-state index is 0.118. The number of rotatable bonds is 3. The first-order valence-corrected chi connectivity index (χ1v) is 9.65. The summed E-state index contributed by atoms with van der Waals surface area (Å²) in [5.74, 6) is 0. The Morgan fingerprint density at radius 3 is 2.47 bits per heavy atom. The van der Waals surface area contributed by atoms with E-state index in [1.165, 1.54) is 18.2 Å². The molecule has 0 atom stereocenters. The third-order valence-corrected chi connectivity index (χ3v) is 5.18. The molecule has 2 amide bonds. The summed E-state index contributed by atoms with van der Waals surface area (Å²) in [6.45, 7) is 0. The van der Waals surface area contributed by atoms with Crippen LogP contribution < -0.4 is 16.1 Å². The summed E-state index contributed by atoms with van der Waals surface area (Å²) < 4.78 is 40.9. The minimum Gasteiger partial charge on any atom is -0.398 e. The molecule has 0 aliphatic carbocycles. The highest BCUT2D eigenvalue weighted by atomic mass is 35.5. The second kappa shape index (κ2) is 8.10. The summed E-state index contributed by atoms with van der Waals surface area (Å²) in [5, 5.41) is 13.1. The minimum atomic E-state index is -4.68. The number of nitrogens with two attached hydrogens (primary N) is 1. The smallest absolute Gasteiger partial charge is 0.398 e. The number of urea groups is 1. The number of hydroxylamine groups is 1. The summed E-state index contributed by atoms with van der Waals surface area (Å²) in [6.07, 6.45) is -2.84. The van der Waals surface area contributed by atoms with Gasteiger partial charge in [0, 0.05) is 28.6 Å². The van der Waals surface area contributed by atoms with E-state index in [1.54, 1.807) is 18.2 Å². The van der Waals surface area contributed by atoms with E-state index in [2.05, 4.69) is 5.32 Å². The van der Waals surface area contributed by atoms with Crippen LogP contribution in [0.15, 0.2) is 72.9 Å². The van der Waals surface area contributed by atoms with Gasteiger partial charge in [0.15, 0.2) is 0 Å². The molecule has 0 unspecified atom stereocenters. The average molecular weight is 461 g/mol. The molecule has 1 heterocycles. The largest absolute Gasteiger partial charge is 0.417 e. The molecular weight excluding hydrogens is 445 g/mol. The SMILES string of the molecule is Nc1cccc2c1ccn2-c1ccc(N(O)C(=O)Nc2ccc(Cl)c(C(F)(F)F)c2)cc1. The van der Waals surface area contributed by atoms with Crippen LogP contribution in [0.1, 0.15) is 5.56 Å². The Labute approximate surface area is 185 Å². The van der Waals surface area contributed by atoms with Crippen LogP contribution in [0.4, 0.5) is 35.0 Å². The topological polar surface area (TPSA) is 83.5 Å². The number of nitrogen functional groups attached to an aromatic ring is 1. The lowest BCUT2D eigenvalue weighted by Crippen LogP contribution is -2.31. The van der Waals surface area contributed by atoms with E-state index in [0.717, 1.165) is 22.7 Å². The number of hydrogen-bond donors (Lipinski definition) is 3. The maximum Gasteiger partial charge on any atom is 0.417 e. The van der Waals surface area contributed by atoms with Crippen LogP contribution in [0.2, 0.25) is 5.02 Å². The lowest BCUT2D eigenvalue weighted by molar-refractivity contribution is -0.137. The maximum absolute atomic E-state index is 13.0. The summed E-state index contributed by atoms with van der Waals surface area (Å²) >= 11 is 5.58. The molecule has 0 radical (unpaired) electrons. The first-order chi connectivity index (χ1) is 15.1. The molecular formula is C22H16ClF3N4O2. The van der Waals surface area contributed by atoms with Crippen molar-refractivity contribution in [2.45, 2.75) is 6.18 Å². The molecule has 0 aliphatic rings. The van der Waals surface area contributed by atoms with Crippen molar-refractivity contribution in [3.05, 3.63) is 83.5 Å². The number of aromatic nitrogens is 1. The summed E-state index contributed by atoms with van der Waals surface area (Å²) in [5.41, 5.74) is 7.13. The lowest BCUT2D eigenvalue weighted by Gasteiger charge is -2.17. The highest BCUT2D eigenvalue weighted by molar-refractivity contribution is 6.31. The number of halogens is 4. The third kappa shape index (κ3) is 4.08. The number of fused-ring (bicyclic) bond motifs is 1. The zero-order valence-electron chi connectivity index (χ0n) is 16.3.